The topological polar surface area (TPSA) is 25.2 Å². The monoisotopic (exact) mass is 594 g/mol. The quantitative estimate of drug-likeness (QED) is 0.186. The zero-order valence-electron chi connectivity index (χ0n) is 26.8. The fourth-order valence-electron chi connectivity index (χ4n) is 7.26. The van der Waals surface area contributed by atoms with Gasteiger partial charge in [-0.15, -0.1) is 0 Å². The number of nitrogens with zero attached hydrogens (tertiary/aromatic N) is 2. The molecule has 0 saturated carbocycles. The number of allylic oxidation sites excluding steroid dienone is 2. The minimum atomic E-state index is 0.123. The molecule has 5 aromatic carbocycles. The van der Waals surface area contributed by atoms with Gasteiger partial charge in [0.2, 0.25) is 0 Å². The van der Waals surface area contributed by atoms with Crippen molar-refractivity contribution in [3.63, 3.8) is 0 Å². The van der Waals surface area contributed by atoms with E-state index in [0.717, 1.165) is 37.1 Å². The second-order valence-corrected chi connectivity index (χ2v) is 13.7. The zero-order valence-corrected chi connectivity index (χ0v) is 26.8. The average Bonchev–Trinajstić information content (AvgIpc) is 3.10. The van der Waals surface area contributed by atoms with Crippen LogP contribution in [0.5, 0.6) is 0 Å². The second kappa shape index (κ2) is 11.4. The SMILES string of the molecule is CC(C)(C)c1ccc(-c2c3ccccc3c(-c3ccc4c(c3)CCC(C3=NC(c5ccccn5)=CCC3)=C4)c3ccccc23)cc1. The van der Waals surface area contributed by atoms with Gasteiger partial charge in [0.05, 0.1) is 11.4 Å². The molecule has 1 aromatic heterocycles. The normalized spacial score (nSPS) is 14.9. The summed E-state index contributed by atoms with van der Waals surface area (Å²) in [6.07, 6.45) is 10.5. The van der Waals surface area contributed by atoms with Crippen molar-refractivity contribution in [3.8, 4) is 22.3 Å². The maximum absolute atomic E-state index is 5.08. The van der Waals surface area contributed by atoms with Crippen molar-refractivity contribution in [2.45, 2.75) is 51.9 Å². The van der Waals surface area contributed by atoms with Crippen molar-refractivity contribution in [2.24, 2.45) is 4.99 Å². The first-order valence-corrected chi connectivity index (χ1v) is 16.5. The number of hydrogen-bond acceptors (Lipinski definition) is 2. The Morgan fingerprint density at radius 1 is 0.609 bits per heavy atom. The maximum Gasteiger partial charge on any atom is 0.0882 e. The lowest BCUT2D eigenvalue weighted by Crippen LogP contribution is -2.11. The summed E-state index contributed by atoms with van der Waals surface area (Å²) in [6, 6.07) is 40.2. The van der Waals surface area contributed by atoms with Gasteiger partial charge in [0, 0.05) is 11.9 Å². The molecule has 0 bridgehead atoms. The van der Waals surface area contributed by atoms with Crippen molar-refractivity contribution < 1.29 is 0 Å². The molecular formula is C44H38N2. The van der Waals surface area contributed by atoms with Crippen LogP contribution >= 0.6 is 0 Å². The molecule has 2 heteroatoms. The van der Waals surface area contributed by atoms with Gasteiger partial charge in [0.25, 0.3) is 0 Å². The summed E-state index contributed by atoms with van der Waals surface area (Å²) in [4.78, 5) is 9.62. The Labute approximate surface area is 271 Å². The second-order valence-electron chi connectivity index (χ2n) is 13.7. The predicted octanol–water partition coefficient (Wildman–Crippen LogP) is 11.6. The van der Waals surface area contributed by atoms with Crippen molar-refractivity contribution >= 4 is 39.0 Å². The minimum Gasteiger partial charge on any atom is -0.255 e. The molecule has 8 rings (SSSR count). The van der Waals surface area contributed by atoms with Gasteiger partial charge in [-0.3, -0.25) is 9.98 Å². The van der Waals surface area contributed by atoms with Gasteiger partial charge in [0.15, 0.2) is 0 Å². The highest BCUT2D eigenvalue weighted by Gasteiger charge is 2.21. The van der Waals surface area contributed by atoms with Crippen molar-refractivity contribution in [3.05, 3.63) is 149 Å². The molecule has 2 heterocycles. The molecule has 2 nitrogen and oxygen atoms in total. The summed E-state index contributed by atoms with van der Waals surface area (Å²) < 4.78 is 0. The summed E-state index contributed by atoms with van der Waals surface area (Å²) in [5, 5.41) is 5.19. The molecular weight excluding hydrogens is 556 g/mol. The van der Waals surface area contributed by atoms with E-state index < -0.39 is 0 Å². The smallest absolute Gasteiger partial charge is 0.0882 e. The molecule has 46 heavy (non-hydrogen) atoms. The van der Waals surface area contributed by atoms with Crippen LogP contribution in [0.15, 0.2) is 132 Å². The van der Waals surface area contributed by atoms with Gasteiger partial charge in [0.1, 0.15) is 0 Å². The largest absolute Gasteiger partial charge is 0.255 e. The number of aryl methyl sites for hydroxylation is 1. The Hall–Kier alpha value is -5.08. The van der Waals surface area contributed by atoms with E-state index in [2.05, 4.69) is 129 Å². The summed E-state index contributed by atoms with van der Waals surface area (Å²) in [6.45, 7) is 6.83. The average molecular weight is 595 g/mol. The Kier molecular flexibility index (Phi) is 7.02. The summed E-state index contributed by atoms with van der Waals surface area (Å²) in [5.41, 5.74) is 13.9. The van der Waals surface area contributed by atoms with Crippen molar-refractivity contribution in [1.82, 2.24) is 4.98 Å². The minimum absolute atomic E-state index is 0.123. The van der Waals surface area contributed by atoms with E-state index >= 15 is 0 Å². The molecule has 1 aliphatic carbocycles. The molecule has 2 aliphatic rings. The molecule has 0 unspecified atom stereocenters. The maximum atomic E-state index is 5.08. The van der Waals surface area contributed by atoms with E-state index in [4.69, 9.17) is 4.99 Å². The van der Waals surface area contributed by atoms with Gasteiger partial charge >= 0.3 is 0 Å². The summed E-state index contributed by atoms with van der Waals surface area (Å²) in [5.74, 6) is 0. The lowest BCUT2D eigenvalue weighted by molar-refractivity contribution is 0.590. The van der Waals surface area contributed by atoms with Crippen LogP contribution in [0.4, 0.5) is 0 Å². The van der Waals surface area contributed by atoms with Crippen LogP contribution < -0.4 is 0 Å². The molecule has 0 saturated heterocycles. The van der Waals surface area contributed by atoms with Crippen LogP contribution in [-0.2, 0) is 11.8 Å². The number of pyridine rings is 1. The van der Waals surface area contributed by atoms with E-state index in [1.54, 1.807) is 0 Å². The molecule has 0 radical (unpaired) electrons. The Bertz CT molecular complexity index is 2150. The van der Waals surface area contributed by atoms with Crippen LogP contribution in [-0.4, -0.2) is 10.7 Å². The fraction of sp³-hybridized carbons (Fsp3) is 0.182. The van der Waals surface area contributed by atoms with Crippen LogP contribution in [0.1, 0.15) is 62.4 Å². The first-order chi connectivity index (χ1) is 22.4. The molecule has 1 aliphatic heterocycles. The first kappa shape index (κ1) is 28.4. The van der Waals surface area contributed by atoms with Crippen molar-refractivity contribution in [2.75, 3.05) is 0 Å². The lowest BCUT2D eigenvalue weighted by atomic mass is 9.82. The van der Waals surface area contributed by atoms with Crippen LogP contribution in [0, 0.1) is 0 Å². The summed E-state index contributed by atoms with van der Waals surface area (Å²) in [7, 11) is 0. The third-order valence-electron chi connectivity index (χ3n) is 9.67. The fourth-order valence-corrected chi connectivity index (χ4v) is 7.26. The standard InChI is InChI=1S/C44H38N2/c1-44(2,3)34-24-22-29(23-25-34)42-35-11-4-6-13-37(35)43(38-14-7-5-12-36(38)42)33-21-19-30-27-32(20-18-31(30)28-33)39-16-10-17-41(46-39)40-15-8-9-26-45-40/h4-9,11-15,17,19,21-28H,10,16,18,20H2,1-3H3. The number of fused-ring (bicyclic) bond motifs is 3. The van der Waals surface area contributed by atoms with E-state index in [9.17, 15) is 0 Å². The van der Waals surface area contributed by atoms with Gasteiger partial charge in [-0.2, -0.15) is 0 Å². The van der Waals surface area contributed by atoms with Gasteiger partial charge in [-0.1, -0.05) is 124 Å². The number of aromatic nitrogens is 1. The Morgan fingerprint density at radius 3 is 1.87 bits per heavy atom. The molecule has 0 spiro atoms. The number of hydrogen-bond donors (Lipinski definition) is 0. The van der Waals surface area contributed by atoms with Gasteiger partial charge < -0.3 is 0 Å². The Morgan fingerprint density at radius 2 is 1.24 bits per heavy atom. The summed E-state index contributed by atoms with van der Waals surface area (Å²) >= 11 is 0. The molecule has 6 aromatic rings. The third-order valence-corrected chi connectivity index (χ3v) is 9.67. The number of benzene rings is 5. The molecule has 0 fully saturated rings. The Balaban J connectivity index is 1.22. The van der Waals surface area contributed by atoms with Crippen LogP contribution in [0.2, 0.25) is 0 Å². The van der Waals surface area contributed by atoms with E-state index in [-0.39, 0.29) is 5.41 Å². The highest BCUT2D eigenvalue weighted by Crippen LogP contribution is 2.44. The van der Waals surface area contributed by atoms with E-state index in [0.29, 0.717) is 0 Å². The third kappa shape index (κ3) is 5.08. The molecule has 224 valence electrons. The van der Waals surface area contributed by atoms with Gasteiger partial charge in [-0.05, 0) is 115 Å². The highest BCUT2D eigenvalue weighted by atomic mass is 14.8. The number of aliphatic imine (C=N–C) groups is 1. The predicted molar refractivity (Wildman–Crippen MR) is 196 cm³/mol. The van der Waals surface area contributed by atoms with Crippen LogP contribution in [0.3, 0.4) is 0 Å². The van der Waals surface area contributed by atoms with Crippen molar-refractivity contribution in [1.29, 1.82) is 0 Å². The van der Waals surface area contributed by atoms with Gasteiger partial charge in [-0.25, -0.2) is 0 Å². The zero-order chi connectivity index (χ0) is 31.3. The van der Waals surface area contributed by atoms with E-state index in [1.807, 2.05) is 24.4 Å². The lowest BCUT2D eigenvalue weighted by Gasteiger charge is -2.22. The molecule has 0 N–H and O–H groups in total. The number of rotatable bonds is 4. The van der Waals surface area contributed by atoms with E-state index in [1.165, 1.54) is 71.8 Å². The first-order valence-electron chi connectivity index (χ1n) is 16.5. The molecule has 0 amide bonds. The molecule has 0 atom stereocenters. The highest BCUT2D eigenvalue weighted by molar-refractivity contribution is 6.21. The van der Waals surface area contributed by atoms with Crippen LogP contribution in [0.25, 0.3) is 55.6 Å².